The summed E-state index contributed by atoms with van der Waals surface area (Å²) < 4.78 is 1.71. The van der Waals surface area contributed by atoms with E-state index in [2.05, 4.69) is 25.3 Å². The van der Waals surface area contributed by atoms with E-state index in [1.54, 1.807) is 16.3 Å². The van der Waals surface area contributed by atoms with Crippen LogP contribution >= 0.6 is 0 Å². The smallest absolute Gasteiger partial charge is 0.254 e. The largest absolute Gasteiger partial charge is 0.353 e. The van der Waals surface area contributed by atoms with E-state index >= 15 is 0 Å². The third-order valence-corrected chi connectivity index (χ3v) is 4.07. The van der Waals surface area contributed by atoms with Crippen LogP contribution in [-0.2, 0) is 9.59 Å². The molecule has 1 aliphatic heterocycles. The van der Waals surface area contributed by atoms with Crippen LogP contribution in [0.1, 0.15) is 19.5 Å². The van der Waals surface area contributed by atoms with Crippen molar-refractivity contribution in [1.29, 1.82) is 0 Å². The van der Waals surface area contributed by atoms with Crippen molar-refractivity contribution in [3.63, 3.8) is 0 Å². The molecule has 9 heteroatoms. The lowest BCUT2D eigenvalue weighted by atomic mass is 10.2. The quantitative estimate of drug-likeness (QED) is 0.823. The van der Waals surface area contributed by atoms with Gasteiger partial charge in [-0.2, -0.15) is 14.6 Å². The number of fused-ring (bicyclic) bond motifs is 1. The molecule has 0 saturated carbocycles. The van der Waals surface area contributed by atoms with E-state index in [1.165, 1.54) is 13.3 Å². The zero-order chi connectivity index (χ0) is 17.3. The van der Waals surface area contributed by atoms with Gasteiger partial charge in [0, 0.05) is 44.9 Å². The van der Waals surface area contributed by atoms with E-state index in [-0.39, 0.29) is 11.8 Å². The van der Waals surface area contributed by atoms with E-state index in [0.717, 1.165) is 11.5 Å². The minimum atomic E-state index is -0.501. The van der Waals surface area contributed by atoms with Crippen molar-refractivity contribution in [3.8, 4) is 0 Å². The summed E-state index contributed by atoms with van der Waals surface area (Å²) in [6.45, 7) is 7.62. The Kier molecular flexibility index (Phi) is 4.32. The van der Waals surface area contributed by atoms with Gasteiger partial charge in [-0.05, 0) is 13.8 Å². The van der Waals surface area contributed by atoms with Gasteiger partial charge in [0.05, 0.1) is 0 Å². The van der Waals surface area contributed by atoms with Gasteiger partial charge in [0.1, 0.15) is 18.2 Å². The van der Waals surface area contributed by atoms with Gasteiger partial charge in [-0.1, -0.05) is 0 Å². The number of aromatic nitrogens is 4. The second-order valence-electron chi connectivity index (χ2n) is 5.96. The molecule has 0 bridgehead atoms. The maximum absolute atomic E-state index is 12.4. The van der Waals surface area contributed by atoms with Crippen molar-refractivity contribution in [3.05, 3.63) is 18.1 Å². The summed E-state index contributed by atoms with van der Waals surface area (Å²) >= 11 is 0. The predicted molar refractivity (Wildman–Crippen MR) is 87.6 cm³/mol. The number of carbonyl (C=O) groups excluding carboxylic acids is 2. The van der Waals surface area contributed by atoms with E-state index in [1.807, 2.05) is 13.0 Å². The molecule has 24 heavy (non-hydrogen) atoms. The number of aryl methyl sites for hydroxylation is 1. The number of nitrogens with one attached hydrogen (secondary N) is 1. The van der Waals surface area contributed by atoms with Crippen LogP contribution in [0.5, 0.6) is 0 Å². The van der Waals surface area contributed by atoms with Gasteiger partial charge in [-0.3, -0.25) is 9.59 Å². The fourth-order valence-electron chi connectivity index (χ4n) is 2.93. The van der Waals surface area contributed by atoms with Crippen LogP contribution in [0.2, 0.25) is 0 Å². The molecule has 128 valence electrons. The number of amides is 2. The van der Waals surface area contributed by atoms with Crippen molar-refractivity contribution >= 4 is 23.4 Å². The molecule has 0 radical (unpaired) electrons. The van der Waals surface area contributed by atoms with Gasteiger partial charge in [-0.15, -0.1) is 0 Å². The Morgan fingerprint density at radius 1 is 1.25 bits per heavy atom. The summed E-state index contributed by atoms with van der Waals surface area (Å²) in [5, 5.41) is 6.86. The van der Waals surface area contributed by atoms with Gasteiger partial charge in [0.2, 0.25) is 11.8 Å². The predicted octanol–water partition coefficient (Wildman–Crippen LogP) is -0.394. The standard InChI is InChI=1S/C15H21N7O2/c1-10-8-13(22-15(18-10)16-9-17-22)20-4-6-21(7-5-20)14(24)11(2)19-12(3)23/h8-9,11H,4-7H2,1-3H3,(H,19,23)/t11-/m0/s1. The summed E-state index contributed by atoms with van der Waals surface area (Å²) in [4.78, 5) is 35.9. The summed E-state index contributed by atoms with van der Waals surface area (Å²) in [6, 6.07) is 1.47. The highest BCUT2D eigenvalue weighted by atomic mass is 16.2. The van der Waals surface area contributed by atoms with E-state index in [0.29, 0.717) is 32.0 Å². The van der Waals surface area contributed by atoms with Gasteiger partial charge in [-0.25, -0.2) is 4.98 Å². The number of nitrogens with zero attached hydrogens (tertiary/aromatic N) is 6. The molecule has 0 aliphatic carbocycles. The third-order valence-electron chi connectivity index (χ3n) is 4.07. The first kappa shape index (κ1) is 16.2. The number of hydrogen-bond acceptors (Lipinski definition) is 6. The Balaban J connectivity index is 1.69. The topological polar surface area (TPSA) is 95.7 Å². The first-order valence-electron chi connectivity index (χ1n) is 7.94. The van der Waals surface area contributed by atoms with Crippen molar-refractivity contribution in [2.24, 2.45) is 0 Å². The minimum Gasteiger partial charge on any atom is -0.353 e. The molecule has 2 aromatic heterocycles. The fourth-order valence-corrected chi connectivity index (χ4v) is 2.93. The summed E-state index contributed by atoms with van der Waals surface area (Å²) in [5.41, 5.74) is 0.878. The zero-order valence-electron chi connectivity index (χ0n) is 14.1. The highest BCUT2D eigenvalue weighted by molar-refractivity contribution is 5.86. The molecule has 1 aliphatic rings. The monoisotopic (exact) mass is 331 g/mol. The third kappa shape index (κ3) is 3.15. The minimum absolute atomic E-state index is 0.0540. The van der Waals surface area contributed by atoms with Crippen LogP contribution in [0.15, 0.2) is 12.4 Å². The van der Waals surface area contributed by atoms with E-state index in [4.69, 9.17) is 0 Å². The lowest BCUT2D eigenvalue weighted by molar-refractivity contribution is -0.135. The van der Waals surface area contributed by atoms with Crippen LogP contribution in [-0.4, -0.2) is 68.5 Å². The lowest BCUT2D eigenvalue weighted by Gasteiger charge is -2.37. The molecule has 2 aromatic rings. The summed E-state index contributed by atoms with van der Waals surface area (Å²) in [6.07, 6.45) is 1.49. The summed E-state index contributed by atoms with van der Waals surface area (Å²) in [5.74, 6) is 1.25. The SMILES string of the molecule is CC(=O)N[C@@H](C)C(=O)N1CCN(c2cc(C)nc3ncnn23)CC1. The van der Waals surface area contributed by atoms with Crippen LogP contribution in [0.25, 0.3) is 5.78 Å². The number of rotatable bonds is 3. The second kappa shape index (κ2) is 6.42. The average Bonchev–Trinajstić information content (AvgIpc) is 3.01. The van der Waals surface area contributed by atoms with E-state index in [9.17, 15) is 9.59 Å². The Morgan fingerprint density at radius 2 is 1.96 bits per heavy atom. The molecule has 9 nitrogen and oxygen atoms in total. The molecule has 0 spiro atoms. The fraction of sp³-hybridized carbons (Fsp3) is 0.533. The van der Waals surface area contributed by atoms with Gasteiger partial charge in [0.25, 0.3) is 5.78 Å². The molecule has 2 amide bonds. The molecule has 1 fully saturated rings. The number of piperazine rings is 1. The van der Waals surface area contributed by atoms with Crippen LogP contribution < -0.4 is 10.2 Å². The highest BCUT2D eigenvalue weighted by Gasteiger charge is 2.26. The molecule has 1 atom stereocenters. The first-order chi connectivity index (χ1) is 11.5. The Labute approximate surface area is 139 Å². The summed E-state index contributed by atoms with van der Waals surface area (Å²) in [7, 11) is 0. The normalized spacial score (nSPS) is 16.3. The molecule has 3 rings (SSSR count). The van der Waals surface area contributed by atoms with Crippen LogP contribution in [0.3, 0.4) is 0 Å². The molecule has 0 aromatic carbocycles. The van der Waals surface area contributed by atoms with E-state index < -0.39 is 6.04 Å². The molecule has 1 N–H and O–H groups in total. The number of anilines is 1. The van der Waals surface area contributed by atoms with Crippen LogP contribution in [0.4, 0.5) is 5.82 Å². The maximum Gasteiger partial charge on any atom is 0.254 e. The zero-order valence-corrected chi connectivity index (χ0v) is 14.1. The van der Waals surface area contributed by atoms with Crippen molar-refractivity contribution in [2.75, 3.05) is 31.1 Å². The molecular weight excluding hydrogens is 310 g/mol. The Morgan fingerprint density at radius 3 is 2.62 bits per heavy atom. The van der Waals surface area contributed by atoms with Gasteiger partial charge in [0.15, 0.2) is 0 Å². The van der Waals surface area contributed by atoms with Crippen molar-refractivity contribution in [2.45, 2.75) is 26.8 Å². The van der Waals surface area contributed by atoms with Crippen LogP contribution in [0, 0.1) is 6.92 Å². The van der Waals surface area contributed by atoms with Crippen molar-refractivity contribution < 1.29 is 9.59 Å². The molecule has 0 unspecified atom stereocenters. The molecule has 3 heterocycles. The maximum atomic E-state index is 12.4. The Hall–Kier alpha value is -2.71. The highest BCUT2D eigenvalue weighted by Crippen LogP contribution is 2.18. The Bertz CT molecular complexity index is 764. The lowest BCUT2D eigenvalue weighted by Crippen LogP contribution is -2.54. The van der Waals surface area contributed by atoms with Gasteiger partial charge < -0.3 is 15.1 Å². The van der Waals surface area contributed by atoms with Crippen molar-refractivity contribution in [1.82, 2.24) is 29.8 Å². The number of hydrogen-bond donors (Lipinski definition) is 1. The molecular formula is C15H21N7O2. The molecule has 1 saturated heterocycles. The average molecular weight is 331 g/mol. The number of carbonyl (C=O) groups is 2. The first-order valence-corrected chi connectivity index (χ1v) is 7.94. The second-order valence-corrected chi connectivity index (χ2v) is 5.96. The van der Waals surface area contributed by atoms with Gasteiger partial charge >= 0.3 is 0 Å².